The van der Waals surface area contributed by atoms with Crippen molar-refractivity contribution in [2.24, 2.45) is 0 Å². The Labute approximate surface area is 92.2 Å². The molecule has 1 aliphatic heterocycles. The van der Waals surface area contributed by atoms with Gasteiger partial charge >= 0.3 is 0 Å². The van der Waals surface area contributed by atoms with Crippen molar-refractivity contribution in [3.63, 3.8) is 0 Å². The summed E-state index contributed by atoms with van der Waals surface area (Å²) in [6, 6.07) is 5.89. The molecule has 1 aromatic rings. The summed E-state index contributed by atoms with van der Waals surface area (Å²) in [4.78, 5) is 11.2. The van der Waals surface area contributed by atoms with Crippen molar-refractivity contribution in [3.05, 3.63) is 29.6 Å². The topological polar surface area (TPSA) is 56.1 Å². The van der Waals surface area contributed by atoms with Crippen LogP contribution in [0.3, 0.4) is 0 Å². The van der Waals surface area contributed by atoms with Gasteiger partial charge in [0.2, 0.25) is 5.91 Å². The van der Waals surface area contributed by atoms with E-state index in [-0.39, 0.29) is 11.5 Å². The van der Waals surface area contributed by atoms with Crippen molar-refractivity contribution in [2.75, 3.05) is 11.6 Å². The minimum Gasteiger partial charge on any atom is -0.285 e. The molecule has 5 heteroatoms. The molecule has 0 spiro atoms. The third-order valence-electron chi connectivity index (χ3n) is 2.37. The van der Waals surface area contributed by atoms with Crippen LogP contribution in [-0.4, -0.2) is 12.5 Å². The highest BCUT2D eigenvalue weighted by Gasteiger charge is 2.17. The third kappa shape index (κ3) is 2.11. The summed E-state index contributed by atoms with van der Waals surface area (Å²) in [5.41, 5.74) is 3.38. The van der Waals surface area contributed by atoms with Gasteiger partial charge in [0.15, 0.2) is 0 Å². The van der Waals surface area contributed by atoms with Crippen LogP contribution in [0.1, 0.15) is 18.4 Å². The summed E-state index contributed by atoms with van der Waals surface area (Å²) >= 11 is 0. The summed E-state index contributed by atoms with van der Waals surface area (Å²) < 4.78 is 13.2. The largest absolute Gasteiger partial charge is 0.285 e. The van der Waals surface area contributed by atoms with Gasteiger partial charge in [0.05, 0.1) is 17.3 Å². The molecule has 0 radical (unpaired) electrons. The molecule has 1 N–H and O–H groups in total. The summed E-state index contributed by atoms with van der Waals surface area (Å²) in [6.07, 6.45) is 1.21. The molecule has 0 saturated carbocycles. The van der Waals surface area contributed by atoms with Crippen molar-refractivity contribution in [2.45, 2.75) is 12.8 Å². The first kappa shape index (κ1) is 10.4. The smallest absolute Gasteiger partial charge is 0.238 e. The second-order valence-electron chi connectivity index (χ2n) is 3.60. The van der Waals surface area contributed by atoms with Crippen LogP contribution in [0.15, 0.2) is 18.2 Å². The van der Waals surface area contributed by atoms with Crippen molar-refractivity contribution >= 4 is 11.6 Å². The quantitative estimate of drug-likeness (QED) is 0.775. The average molecular weight is 219 g/mol. The number of benzene rings is 1. The number of carbonyl (C=O) groups is 1. The SMILES string of the molecule is N#Cc1cc(F)cc(N2CCCC(=O)N2)c1. The molecule has 1 aliphatic rings. The van der Waals surface area contributed by atoms with Crippen LogP contribution < -0.4 is 10.4 Å². The van der Waals surface area contributed by atoms with Crippen LogP contribution in [0, 0.1) is 17.1 Å². The summed E-state index contributed by atoms with van der Waals surface area (Å²) in [6.45, 7) is 0.625. The van der Waals surface area contributed by atoms with Gasteiger partial charge in [-0.05, 0) is 24.6 Å². The molecular formula is C11H10FN3O. The zero-order chi connectivity index (χ0) is 11.5. The molecule has 0 aromatic heterocycles. The van der Waals surface area contributed by atoms with Gasteiger partial charge in [0.25, 0.3) is 0 Å². The number of nitriles is 1. The lowest BCUT2D eigenvalue weighted by molar-refractivity contribution is -0.122. The van der Waals surface area contributed by atoms with E-state index in [1.54, 1.807) is 11.1 Å². The zero-order valence-electron chi connectivity index (χ0n) is 8.53. The predicted octanol–water partition coefficient (Wildman–Crippen LogP) is 1.33. The average Bonchev–Trinajstić information content (AvgIpc) is 2.28. The van der Waals surface area contributed by atoms with E-state index in [2.05, 4.69) is 5.43 Å². The van der Waals surface area contributed by atoms with Crippen molar-refractivity contribution in [1.82, 2.24) is 5.43 Å². The normalized spacial score (nSPS) is 15.5. The molecule has 1 aromatic carbocycles. The van der Waals surface area contributed by atoms with E-state index in [0.29, 0.717) is 18.7 Å². The Morgan fingerprint density at radius 1 is 1.44 bits per heavy atom. The highest BCUT2D eigenvalue weighted by Crippen LogP contribution is 2.19. The van der Waals surface area contributed by atoms with Crippen LogP contribution in [0.4, 0.5) is 10.1 Å². The number of carbonyl (C=O) groups excluding carboxylic acids is 1. The Balaban J connectivity index is 2.29. The van der Waals surface area contributed by atoms with Gasteiger partial charge in [0, 0.05) is 13.0 Å². The van der Waals surface area contributed by atoms with Gasteiger partial charge in [-0.3, -0.25) is 15.2 Å². The lowest BCUT2D eigenvalue weighted by atomic mass is 10.2. The molecule has 16 heavy (non-hydrogen) atoms. The highest BCUT2D eigenvalue weighted by atomic mass is 19.1. The van der Waals surface area contributed by atoms with Crippen molar-refractivity contribution in [3.8, 4) is 6.07 Å². The Morgan fingerprint density at radius 2 is 2.25 bits per heavy atom. The number of hydrogen-bond donors (Lipinski definition) is 1. The highest BCUT2D eigenvalue weighted by molar-refractivity contribution is 5.79. The summed E-state index contributed by atoms with van der Waals surface area (Å²) in [5, 5.41) is 10.3. The van der Waals surface area contributed by atoms with E-state index in [0.717, 1.165) is 12.5 Å². The Kier molecular flexibility index (Phi) is 2.73. The molecule has 0 aliphatic carbocycles. The lowest BCUT2D eigenvalue weighted by Gasteiger charge is -2.29. The van der Waals surface area contributed by atoms with Crippen LogP contribution in [0.5, 0.6) is 0 Å². The van der Waals surface area contributed by atoms with Gasteiger partial charge in [-0.2, -0.15) is 5.26 Å². The van der Waals surface area contributed by atoms with Crippen LogP contribution >= 0.6 is 0 Å². The fourth-order valence-electron chi connectivity index (χ4n) is 1.65. The minimum absolute atomic E-state index is 0.0889. The monoisotopic (exact) mass is 219 g/mol. The number of rotatable bonds is 1. The van der Waals surface area contributed by atoms with Gasteiger partial charge < -0.3 is 0 Å². The summed E-state index contributed by atoms with van der Waals surface area (Å²) in [7, 11) is 0. The lowest BCUT2D eigenvalue weighted by Crippen LogP contribution is -2.47. The predicted molar refractivity (Wildman–Crippen MR) is 55.8 cm³/mol. The zero-order valence-corrected chi connectivity index (χ0v) is 8.53. The molecule has 2 rings (SSSR count). The first-order valence-electron chi connectivity index (χ1n) is 4.97. The molecule has 1 fully saturated rings. The fourth-order valence-corrected chi connectivity index (χ4v) is 1.65. The summed E-state index contributed by atoms with van der Waals surface area (Å²) in [5.74, 6) is -0.567. The van der Waals surface area contributed by atoms with E-state index >= 15 is 0 Å². The Morgan fingerprint density at radius 3 is 2.94 bits per heavy atom. The van der Waals surface area contributed by atoms with Gasteiger partial charge in [-0.15, -0.1) is 0 Å². The van der Waals surface area contributed by atoms with Gasteiger partial charge in [-0.1, -0.05) is 0 Å². The standard InChI is InChI=1S/C11H10FN3O/c12-9-4-8(7-13)5-10(6-9)15-3-1-2-11(16)14-15/h4-6H,1-3H2,(H,14,16). The molecular weight excluding hydrogens is 209 g/mol. The van der Waals surface area contributed by atoms with Gasteiger partial charge in [-0.25, -0.2) is 4.39 Å². The van der Waals surface area contributed by atoms with E-state index in [4.69, 9.17) is 5.26 Å². The Bertz CT molecular complexity index is 467. The van der Waals surface area contributed by atoms with Crippen LogP contribution in [0.2, 0.25) is 0 Å². The number of nitrogens with one attached hydrogen (secondary N) is 1. The minimum atomic E-state index is -0.478. The maximum atomic E-state index is 13.2. The molecule has 1 saturated heterocycles. The third-order valence-corrected chi connectivity index (χ3v) is 2.37. The van der Waals surface area contributed by atoms with Crippen LogP contribution in [0.25, 0.3) is 0 Å². The van der Waals surface area contributed by atoms with E-state index < -0.39 is 5.82 Å². The number of hydrazine groups is 1. The number of hydrogen-bond acceptors (Lipinski definition) is 3. The first-order chi connectivity index (χ1) is 7.69. The fraction of sp³-hybridized carbons (Fsp3) is 0.273. The molecule has 4 nitrogen and oxygen atoms in total. The second kappa shape index (κ2) is 4.19. The number of amides is 1. The van der Waals surface area contributed by atoms with Gasteiger partial charge in [0.1, 0.15) is 5.82 Å². The van der Waals surface area contributed by atoms with E-state index in [1.165, 1.54) is 6.07 Å². The number of anilines is 1. The van der Waals surface area contributed by atoms with E-state index in [9.17, 15) is 9.18 Å². The molecule has 82 valence electrons. The molecule has 0 atom stereocenters. The van der Waals surface area contributed by atoms with E-state index in [1.807, 2.05) is 6.07 Å². The maximum Gasteiger partial charge on any atom is 0.238 e. The molecule has 1 heterocycles. The Hall–Kier alpha value is -2.09. The number of halogens is 1. The molecule has 0 bridgehead atoms. The molecule has 0 unspecified atom stereocenters. The molecule has 1 amide bonds. The van der Waals surface area contributed by atoms with Crippen molar-refractivity contribution < 1.29 is 9.18 Å². The number of nitrogens with zero attached hydrogens (tertiary/aromatic N) is 2. The maximum absolute atomic E-state index is 13.2. The first-order valence-corrected chi connectivity index (χ1v) is 4.97. The van der Waals surface area contributed by atoms with Crippen LogP contribution in [-0.2, 0) is 4.79 Å². The second-order valence-corrected chi connectivity index (χ2v) is 3.60. The van der Waals surface area contributed by atoms with Crippen molar-refractivity contribution in [1.29, 1.82) is 5.26 Å².